The van der Waals surface area contributed by atoms with Crippen LogP contribution in [0.15, 0.2) is 24.5 Å². The first kappa shape index (κ1) is 18.7. The quantitative estimate of drug-likeness (QED) is 0.729. The normalized spacial score (nSPS) is 17.2. The first-order valence-electron chi connectivity index (χ1n) is 9.36. The number of imidazole rings is 1. The number of benzene rings is 1. The summed E-state index contributed by atoms with van der Waals surface area (Å²) in [5.41, 5.74) is 3.42. The highest BCUT2D eigenvalue weighted by Gasteiger charge is 2.23. The van der Waals surface area contributed by atoms with Gasteiger partial charge < -0.3 is 14.6 Å². The van der Waals surface area contributed by atoms with Gasteiger partial charge in [0.25, 0.3) is 0 Å². The monoisotopic (exact) mass is 399 g/mol. The lowest BCUT2D eigenvalue weighted by atomic mass is 9.98. The molecule has 3 heterocycles. The van der Waals surface area contributed by atoms with E-state index >= 15 is 0 Å². The summed E-state index contributed by atoms with van der Waals surface area (Å²) in [4.78, 5) is 18.0. The van der Waals surface area contributed by atoms with E-state index < -0.39 is 0 Å². The van der Waals surface area contributed by atoms with Crippen molar-refractivity contribution in [1.82, 2.24) is 24.6 Å². The molecule has 1 unspecified atom stereocenters. The van der Waals surface area contributed by atoms with Gasteiger partial charge in [0, 0.05) is 37.1 Å². The molecule has 1 aromatic carbocycles. The van der Waals surface area contributed by atoms with Crippen LogP contribution in [0.5, 0.6) is 5.75 Å². The SMILES string of the molecule is CC(=O)N1CCCC(Cn2cnc3cc(-c4c(C)cc(Cl)cc4O)nnc32)C1. The van der Waals surface area contributed by atoms with Crippen molar-refractivity contribution in [3.63, 3.8) is 0 Å². The molecule has 1 aliphatic rings. The number of carbonyl (C=O) groups is 1. The van der Waals surface area contributed by atoms with Gasteiger partial charge in [0.1, 0.15) is 11.3 Å². The Balaban J connectivity index is 1.61. The molecule has 3 aromatic rings. The van der Waals surface area contributed by atoms with E-state index in [4.69, 9.17) is 11.6 Å². The number of fused-ring (bicyclic) bond motifs is 1. The fourth-order valence-corrected chi connectivity index (χ4v) is 4.22. The van der Waals surface area contributed by atoms with Crippen molar-refractivity contribution in [2.45, 2.75) is 33.2 Å². The summed E-state index contributed by atoms with van der Waals surface area (Å²) >= 11 is 5.99. The second-order valence-electron chi connectivity index (χ2n) is 7.43. The molecule has 1 N–H and O–H groups in total. The maximum atomic E-state index is 11.7. The molecule has 146 valence electrons. The zero-order valence-corrected chi connectivity index (χ0v) is 16.6. The number of aryl methyl sites for hydroxylation is 1. The molecular weight excluding hydrogens is 378 g/mol. The van der Waals surface area contributed by atoms with E-state index in [0.29, 0.717) is 27.8 Å². The second-order valence-corrected chi connectivity index (χ2v) is 7.86. The minimum Gasteiger partial charge on any atom is -0.507 e. The number of phenols is 1. The van der Waals surface area contributed by atoms with E-state index in [0.717, 1.165) is 43.6 Å². The lowest BCUT2D eigenvalue weighted by Gasteiger charge is -2.32. The van der Waals surface area contributed by atoms with Gasteiger partial charge in [-0.1, -0.05) is 11.6 Å². The Morgan fingerprint density at radius 1 is 1.32 bits per heavy atom. The Labute approximate surface area is 168 Å². The highest BCUT2D eigenvalue weighted by atomic mass is 35.5. The van der Waals surface area contributed by atoms with Gasteiger partial charge in [-0.3, -0.25) is 4.79 Å². The molecule has 0 aliphatic carbocycles. The van der Waals surface area contributed by atoms with Crippen LogP contribution < -0.4 is 0 Å². The van der Waals surface area contributed by atoms with Crippen molar-refractivity contribution < 1.29 is 9.90 Å². The Hall–Kier alpha value is -2.67. The van der Waals surface area contributed by atoms with E-state index in [2.05, 4.69) is 15.2 Å². The highest BCUT2D eigenvalue weighted by Crippen LogP contribution is 2.34. The Morgan fingerprint density at radius 3 is 2.89 bits per heavy atom. The van der Waals surface area contributed by atoms with Crippen LogP contribution in [-0.4, -0.2) is 48.8 Å². The predicted molar refractivity (Wildman–Crippen MR) is 107 cm³/mol. The highest BCUT2D eigenvalue weighted by molar-refractivity contribution is 6.31. The molecule has 0 spiro atoms. The van der Waals surface area contributed by atoms with Crippen molar-refractivity contribution in [2.75, 3.05) is 13.1 Å². The number of rotatable bonds is 3. The molecule has 28 heavy (non-hydrogen) atoms. The third-order valence-electron chi connectivity index (χ3n) is 5.32. The number of piperidine rings is 1. The van der Waals surface area contributed by atoms with Gasteiger partial charge in [0.05, 0.1) is 12.0 Å². The maximum Gasteiger partial charge on any atom is 0.219 e. The molecule has 0 bridgehead atoms. The first-order chi connectivity index (χ1) is 13.4. The van der Waals surface area contributed by atoms with Crippen molar-refractivity contribution >= 4 is 28.7 Å². The van der Waals surface area contributed by atoms with Crippen LogP contribution >= 0.6 is 11.6 Å². The Kier molecular flexibility index (Phi) is 4.93. The zero-order chi connectivity index (χ0) is 19.8. The zero-order valence-electron chi connectivity index (χ0n) is 15.9. The van der Waals surface area contributed by atoms with E-state index in [1.54, 1.807) is 19.3 Å². The van der Waals surface area contributed by atoms with Crippen LogP contribution in [0, 0.1) is 12.8 Å². The predicted octanol–water partition coefficient (Wildman–Crippen LogP) is 3.42. The summed E-state index contributed by atoms with van der Waals surface area (Å²) in [6.45, 7) is 5.84. The molecule has 1 amide bonds. The molecule has 2 aromatic heterocycles. The summed E-state index contributed by atoms with van der Waals surface area (Å²) < 4.78 is 2.00. The smallest absolute Gasteiger partial charge is 0.219 e. The summed E-state index contributed by atoms with van der Waals surface area (Å²) in [6, 6.07) is 5.11. The number of nitrogens with zero attached hydrogens (tertiary/aromatic N) is 5. The maximum absolute atomic E-state index is 11.7. The van der Waals surface area contributed by atoms with Crippen molar-refractivity contribution in [3.05, 3.63) is 35.1 Å². The standard InChI is InChI=1S/C20H22ClN5O2/c1-12-6-15(21)7-18(28)19(12)16-8-17-20(24-23-16)26(11-22-17)10-14-4-3-5-25(9-14)13(2)27/h6-8,11,14,28H,3-5,9-10H2,1-2H3. The number of halogens is 1. The lowest BCUT2D eigenvalue weighted by Crippen LogP contribution is -2.39. The van der Waals surface area contributed by atoms with Crippen LogP contribution in [0.2, 0.25) is 5.02 Å². The summed E-state index contributed by atoms with van der Waals surface area (Å²) in [5, 5.41) is 19.4. The minimum absolute atomic E-state index is 0.0737. The first-order valence-corrected chi connectivity index (χ1v) is 9.73. The molecule has 0 saturated carbocycles. The molecule has 1 atom stereocenters. The van der Waals surface area contributed by atoms with Crippen LogP contribution in [0.3, 0.4) is 0 Å². The van der Waals surface area contributed by atoms with Crippen molar-refractivity contribution in [2.24, 2.45) is 5.92 Å². The molecular formula is C20H22ClN5O2. The third-order valence-corrected chi connectivity index (χ3v) is 5.54. The van der Waals surface area contributed by atoms with Crippen LogP contribution in [0.1, 0.15) is 25.3 Å². The van der Waals surface area contributed by atoms with Gasteiger partial charge in [-0.05, 0) is 49.4 Å². The van der Waals surface area contributed by atoms with Gasteiger partial charge in [-0.2, -0.15) is 0 Å². The number of carbonyl (C=O) groups excluding carboxylic acids is 1. The number of aromatic hydroxyl groups is 1. The average molecular weight is 400 g/mol. The fraction of sp³-hybridized carbons (Fsp3) is 0.400. The fourth-order valence-electron chi connectivity index (χ4n) is 3.95. The third kappa shape index (κ3) is 3.54. The molecule has 1 aliphatic heterocycles. The van der Waals surface area contributed by atoms with E-state index in [-0.39, 0.29) is 11.7 Å². The molecule has 1 fully saturated rings. The number of phenolic OH excluding ortho intramolecular Hbond substituents is 1. The average Bonchev–Trinajstić information content (AvgIpc) is 3.03. The van der Waals surface area contributed by atoms with Crippen molar-refractivity contribution in [1.29, 1.82) is 0 Å². The number of aromatic nitrogens is 4. The van der Waals surface area contributed by atoms with E-state index in [9.17, 15) is 9.90 Å². The molecule has 4 rings (SSSR count). The molecule has 7 nitrogen and oxygen atoms in total. The largest absolute Gasteiger partial charge is 0.507 e. The summed E-state index contributed by atoms with van der Waals surface area (Å²) in [7, 11) is 0. The van der Waals surface area contributed by atoms with Crippen molar-refractivity contribution in [3.8, 4) is 17.0 Å². The number of hydrogen-bond acceptors (Lipinski definition) is 5. The van der Waals surface area contributed by atoms with E-state index in [1.165, 1.54) is 6.07 Å². The van der Waals surface area contributed by atoms with Gasteiger partial charge >= 0.3 is 0 Å². The number of amides is 1. The number of hydrogen-bond donors (Lipinski definition) is 1. The van der Waals surface area contributed by atoms with Crippen LogP contribution in [0.25, 0.3) is 22.4 Å². The number of likely N-dealkylation sites (tertiary alicyclic amines) is 1. The second kappa shape index (κ2) is 7.39. The van der Waals surface area contributed by atoms with Crippen LogP contribution in [0.4, 0.5) is 0 Å². The van der Waals surface area contributed by atoms with Gasteiger partial charge in [0.2, 0.25) is 5.91 Å². The van der Waals surface area contributed by atoms with E-state index in [1.807, 2.05) is 22.5 Å². The molecule has 1 saturated heterocycles. The minimum atomic E-state index is 0.0737. The van der Waals surface area contributed by atoms with Gasteiger partial charge in [-0.25, -0.2) is 4.98 Å². The topological polar surface area (TPSA) is 84.1 Å². The lowest BCUT2D eigenvalue weighted by molar-refractivity contribution is -0.130. The Bertz CT molecular complexity index is 1030. The summed E-state index contributed by atoms with van der Waals surface area (Å²) in [5.74, 6) is 0.575. The Morgan fingerprint density at radius 2 is 2.14 bits per heavy atom. The molecule has 8 heteroatoms. The van der Waals surface area contributed by atoms with Crippen LogP contribution in [-0.2, 0) is 11.3 Å². The van der Waals surface area contributed by atoms with Gasteiger partial charge in [-0.15, -0.1) is 10.2 Å². The molecule has 0 radical (unpaired) electrons. The summed E-state index contributed by atoms with van der Waals surface area (Å²) in [6.07, 6.45) is 3.86. The van der Waals surface area contributed by atoms with Gasteiger partial charge in [0.15, 0.2) is 5.65 Å².